The van der Waals surface area contributed by atoms with Crippen molar-refractivity contribution in [1.29, 1.82) is 0 Å². The van der Waals surface area contributed by atoms with Crippen molar-refractivity contribution >= 4 is 18.3 Å². The Balaban J connectivity index is 0.00000264. The van der Waals surface area contributed by atoms with E-state index in [9.17, 15) is 4.79 Å². The summed E-state index contributed by atoms with van der Waals surface area (Å²) in [5.41, 5.74) is 6.05. The van der Waals surface area contributed by atoms with Crippen molar-refractivity contribution < 1.29 is 9.53 Å². The summed E-state index contributed by atoms with van der Waals surface area (Å²) in [5, 5.41) is 3.06. The van der Waals surface area contributed by atoms with Gasteiger partial charge < -0.3 is 15.8 Å². The van der Waals surface area contributed by atoms with E-state index in [1.54, 1.807) is 0 Å². The summed E-state index contributed by atoms with van der Waals surface area (Å²) in [6.45, 7) is 6.52. The standard InChI is InChI=1S/C18H28N2O2.ClH/c1-13(2)18(3,12-19)20-17(21)14-7-6-10-16(11-14)22-15-8-4-5-9-15;/h6-7,10-11,13,15H,4-5,8-9,12,19H2,1-3H3,(H,20,21);1H. The van der Waals surface area contributed by atoms with Crippen molar-refractivity contribution in [3.63, 3.8) is 0 Å². The largest absolute Gasteiger partial charge is 0.490 e. The van der Waals surface area contributed by atoms with Crippen molar-refractivity contribution in [2.45, 2.75) is 58.1 Å². The Kier molecular flexibility index (Phi) is 7.36. The van der Waals surface area contributed by atoms with Crippen LogP contribution in [0, 0.1) is 5.92 Å². The molecule has 2 rings (SSSR count). The summed E-state index contributed by atoms with van der Waals surface area (Å²) >= 11 is 0. The topological polar surface area (TPSA) is 64.3 Å². The van der Waals surface area contributed by atoms with Gasteiger partial charge in [0.1, 0.15) is 5.75 Å². The first-order valence-electron chi connectivity index (χ1n) is 8.24. The Morgan fingerprint density at radius 3 is 2.61 bits per heavy atom. The van der Waals surface area contributed by atoms with E-state index in [-0.39, 0.29) is 24.2 Å². The zero-order chi connectivity index (χ0) is 16.2. The predicted octanol–water partition coefficient (Wildman–Crippen LogP) is 3.53. The third-order valence-corrected chi connectivity index (χ3v) is 4.80. The van der Waals surface area contributed by atoms with Crippen LogP contribution in [-0.4, -0.2) is 24.1 Å². The van der Waals surface area contributed by atoms with Crippen molar-refractivity contribution in [3.8, 4) is 5.75 Å². The molecule has 1 atom stereocenters. The van der Waals surface area contributed by atoms with Crippen LogP contribution in [-0.2, 0) is 0 Å². The van der Waals surface area contributed by atoms with Crippen molar-refractivity contribution in [2.75, 3.05) is 6.54 Å². The molecule has 130 valence electrons. The lowest BCUT2D eigenvalue weighted by atomic mass is 9.88. The van der Waals surface area contributed by atoms with Crippen LogP contribution in [0.3, 0.4) is 0 Å². The number of rotatable bonds is 6. The normalized spacial score (nSPS) is 17.4. The second-order valence-electron chi connectivity index (χ2n) is 6.78. The van der Waals surface area contributed by atoms with E-state index in [4.69, 9.17) is 10.5 Å². The van der Waals surface area contributed by atoms with E-state index < -0.39 is 5.54 Å². The second kappa shape index (κ2) is 8.55. The summed E-state index contributed by atoms with van der Waals surface area (Å²) in [4.78, 5) is 12.5. The molecule has 0 spiro atoms. The lowest BCUT2D eigenvalue weighted by molar-refractivity contribution is 0.0882. The number of benzene rings is 1. The minimum atomic E-state index is -0.403. The van der Waals surface area contributed by atoms with Gasteiger partial charge in [-0.05, 0) is 56.7 Å². The fraction of sp³-hybridized carbons (Fsp3) is 0.611. The lowest BCUT2D eigenvalue weighted by Gasteiger charge is -2.33. The molecular formula is C18H29ClN2O2. The van der Waals surface area contributed by atoms with Gasteiger partial charge in [-0.15, -0.1) is 12.4 Å². The molecule has 0 aromatic heterocycles. The van der Waals surface area contributed by atoms with Gasteiger partial charge in [-0.2, -0.15) is 0 Å². The molecule has 3 N–H and O–H groups in total. The highest BCUT2D eigenvalue weighted by Gasteiger charge is 2.29. The van der Waals surface area contributed by atoms with Crippen LogP contribution in [0.5, 0.6) is 5.75 Å². The number of nitrogens with one attached hydrogen (secondary N) is 1. The van der Waals surface area contributed by atoms with Gasteiger partial charge in [0.15, 0.2) is 0 Å². The zero-order valence-corrected chi connectivity index (χ0v) is 15.1. The summed E-state index contributed by atoms with van der Waals surface area (Å²) in [6, 6.07) is 7.42. The van der Waals surface area contributed by atoms with Crippen LogP contribution in [0.25, 0.3) is 0 Å². The zero-order valence-electron chi connectivity index (χ0n) is 14.3. The third-order valence-electron chi connectivity index (χ3n) is 4.80. The van der Waals surface area contributed by atoms with Crippen molar-refractivity contribution in [1.82, 2.24) is 5.32 Å². The maximum Gasteiger partial charge on any atom is 0.251 e. The average Bonchev–Trinajstić information content (AvgIpc) is 3.00. The maximum absolute atomic E-state index is 12.5. The van der Waals surface area contributed by atoms with Crippen molar-refractivity contribution in [2.24, 2.45) is 11.7 Å². The number of ether oxygens (including phenoxy) is 1. The van der Waals surface area contributed by atoms with E-state index >= 15 is 0 Å². The molecule has 23 heavy (non-hydrogen) atoms. The van der Waals surface area contributed by atoms with E-state index in [1.807, 2.05) is 31.2 Å². The number of nitrogens with two attached hydrogens (primary N) is 1. The van der Waals surface area contributed by atoms with Crippen LogP contribution in [0.2, 0.25) is 0 Å². The fourth-order valence-corrected chi connectivity index (χ4v) is 2.67. The number of amides is 1. The molecule has 0 heterocycles. The fourth-order valence-electron chi connectivity index (χ4n) is 2.67. The number of halogens is 1. The van der Waals surface area contributed by atoms with Gasteiger partial charge >= 0.3 is 0 Å². The molecule has 5 heteroatoms. The van der Waals surface area contributed by atoms with Gasteiger partial charge in [-0.3, -0.25) is 4.79 Å². The molecule has 1 fully saturated rings. The summed E-state index contributed by atoms with van der Waals surface area (Å²) < 4.78 is 5.97. The minimum Gasteiger partial charge on any atom is -0.490 e. The molecule has 1 amide bonds. The Labute approximate surface area is 145 Å². The Hall–Kier alpha value is -1.26. The molecule has 0 aliphatic heterocycles. The number of carbonyl (C=O) groups is 1. The van der Waals surface area contributed by atoms with E-state index in [0.717, 1.165) is 18.6 Å². The first-order chi connectivity index (χ1) is 10.4. The van der Waals surface area contributed by atoms with Gasteiger partial charge in [0.2, 0.25) is 0 Å². The van der Waals surface area contributed by atoms with Crippen LogP contribution < -0.4 is 15.8 Å². The van der Waals surface area contributed by atoms with Crippen molar-refractivity contribution in [3.05, 3.63) is 29.8 Å². The van der Waals surface area contributed by atoms with Crippen LogP contribution >= 0.6 is 12.4 Å². The Morgan fingerprint density at radius 1 is 1.39 bits per heavy atom. The van der Waals surface area contributed by atoms with Gasteiger partial charge in [-0.1, -0.05) is 19.9 Å². The molecule has 4 nitrogen and oxygen atoms in total. The van der Waals surface area contributed by atoms with E-state index in [2.05, 4.69) is 19.2 Å². The molecular weight excluding hydrogens is 312 g/mol. The summed E-state index contributed by atoms with van der Waals surface area (Å²) in [7, 11) is 0. The molecule has 0 saturated heterocycles. The van der Waals surface area contributed by atoms with Crippen LogP contribution in [0.15, 0.2) is 24.3 Å². The highest BCUT2D eigenvalue weighted by atomic mass is 35.5. The maximum atomic E-state index is 12.5. The second-order valence-corrected chi connectivity index (χ2v) is 6.78. The molecule has 1 aliphatic carbocycles. The average molecular weight is 341 g/mol. The molecule has 0 radical (unpaired) electrons. The molecule has 1 unspecified atom stereocenters. The van der Waals surface area contributed by atoms with Crippen LogP contribution in [0.4, 0.5) is 0 Å². The Bertz CT molecular complexity index is 515. The number of hydrogen-bond donors (Lipinski definition) is 2. The summed E-state index contributed by atoms with van der Waals surface area (Å²) in [5.74, 6) is 0.941. The molecule has 0 bridgehead atoms. The quantitative estimate of drug-likeness (QED) is 0.832. The first-order valence-corrected chi connectivity index (χ1v) is 8.24. The molecule has 1 saturated carbocycles. The first kappa shape index (κ1) is 19.8. The van der Waals surface area contributed by atoms with E-state index in [0.29, 0.717) is 18.2 Å². The SMILES string of the molecule is CC(C)C(C)(CN)NC(=O)c1cccc(OC2CCCC2)c1.Cl. The minimum absolute atomic E-state index is 0. The molecule has 1 aliphatic rings. The highest BCUT2D eigenvalue weighted by molar-refractivity contribution is 5.95. The lowest BCUT2D eigenvalue weighted by Crippen LogP contribution is -2.55. The molecule has 1 aromatic rings. The smallest absolute Gasteiger partial charge is 0.251 e. The highest BCUT2D eigenvalue weighted by Crippen LogP contribution is 2.25. The number of hydrogen-bond acceptors (Lipinski definition) is 3. The number of carbonyl (C=O) groups excluding carboxylic acids is 1. The van der Waals surface area contributed by atoms with Gasteiger partial charge in [0.05, 0.1) is 11.6 Å². The van der Waals surface area contributed by atoms with Gasteiger partial charge in [0.25, 0.3) is 5.91 Å². The Morgan fingerprint density at radius 2 is 2.04 bits per heavy atom. The monoisotopic (exact) mass is 340 g/mol. The third kappa shape index (κ3) is 5.11. The molecule has 1 aromatic carbocycles. The van der Waals surface area contributed by atoms with Gasteiger partial charge in [-0.25, -0.2) is 0 Å². The van der Waals surface area contributed by atoms with Crippen LogP contribution in [0.1, 0.15) is 56.8 Å². The summed E-state index contributed by atoms with van der Waals surface area (Å²) in [6.07, 6.45) is 4.97. The van der Waals surface area contributed by atoms with Gasteiger partial charge in [0, 0.05) is 12.1 Å². The predicted molar refractivity (Wildman–Crippen MR) is 96.3 cm³/mol. The van der Waals surface area contributed by atoms with E-state index in [1.165, 1.54) is 12.8 Å².